The minimum Gasteiger partial charge on any atom is -0.370 e. The smallest absolute Gasteiger partial charge is 0.126 e. The summed E-state index contributed by atoms with van der Waals surface area (Å²) in [5.74, 6) is 0.889. The van der Waals surface area contributed by atoms with E-state index in [2.05, 4.69) is 33.2 Å². The summed E-state index contributed by atoms with van der Waals surface area (Å²) in [4.78, 5) is 4.57. The standard InChI is InChI=1S/C13H14BrClN2/c1-3-6-16-11-5-4-9-12(15)8(2)7-10(14)13(9)17-11/h4-5,7H,3,6H2,1-2H3,(H,16,17). The van der Waals surface area contributed by atoms with Crippen LogP contribution in [0.2, 0.25) is 5.02 Å². The number of pyridine rings is 1. The molecule has 90 valence electrons. The Bertz CT molecular complexity index is 555. The lowest BCUT2D eigenvalue weighted by atomic mass is 10.1. The van der Waals surface area contributed by atoms with Crippen LogP contribution in [0.15, 0.2) is 22.7 Å². The lowest BCUT2D eigenvalue weighted by Crippen LogP contribution is -2.01. The van der Waals surface area contributed by atoms with Gasteiger partial charge in [-0.25, -0.2) is 4.98 Å². The van der Waals surface area contributed by atoms with Crippen LogP contribution in [0.3, 0.4) is 0 Å². The number of aromatic nitrogens is 1. The monoisotopic (exact) mass is 312 g/mol. The molecule has 0 saturated carbocycles. The van der Waals surface area contributed by atoms with Crippen molar-refractivity contribution >= 4 is 44.3 Å². The van der Waals surface area contributed by atoms with Crippen molar-refractivity contribution in [1.29, 1.82) is 0 Å². The number of aryl methyl sites for hydroxylation is 1. The molecule has 0 fully saturated rings. The lowest BCUT2D eigenvalue weighted by Gasteiger charge is -2.09. The fourth-order valence-electron chi connectivity index (χ4n) is 1.70. The van der Waals surface area contributed by atoms with E-state index in [1.165, 1.54) is 0 Å². The summed E-state index contributed by atoms with van der Waals surface area (Å²) in [7, 11) is 0. The molecule has 0 radical (unpaired) electrons. The van der Waals surface area contributed by atoms with Gasteiger partial charge in [-0.05, 0) is 53.0 Å². The molecule has 17 heavy (non-hydrogen) atoms. The van der Waals surface area contributed by atoms with Gasteiger partial charge in [-0.1, -0.05) is 18.5 Å². The number of anilines is 1. The van der Waals surface area contributed by atoms with Gasteiger partial charge in [0.1, 0.15) is 5.82 Å². The Hall–Kier alpha value is -0.800. The van der Waals surface area contributed by atoms with Crippen LogP contribution in [-0.4, -0.2) is 11.5 Å². The van der Waals surface area contributed by atoms with E-state index in [0.29, 0.717) is 0 Å². The van der Waals surface area contributed by atoms with Gasteiger partial charge < -0.3 is 5.32 Å². The number of rotatable bonds is 3. The minimum absolute atomic E-state index is 0.776. The maximum absolute atomic E-state index is 6.27. The molecule has 0 atom stereocenters. The topological polar surface area (TPSA) is 24.9 Å². The number of hydrogen-bond donors (Lipinski definition) is 1. The summed E-state index contributed by atoms with van der Waals surface area (Å²) in [5.41, 5.74) is 1.96. The van der Waals surface area contributed by atoms with Crippen molar-refractivity contribution in [3.05, 3.63) is 33.3 Å². The summed E-state index contributed by atoms with van der Waals surface area (Å²) in [5, 5.41) is 5.04. The molecule has 0 saturated heterocycles. The highest BCUT2D eigenvalue weighted by Gasteiger charge is 2.08. The Kier molecular flexibility index (Phi) is 3.89. The molecule has 0 aliphatic rings. The predicted octanol–water partition coefficient (Wildman–Crippen LogP) is 4.78. The highest BCUT2D eigenvalue weighted by molar-refractivity contribution is 9.10. The molecule has 2 rings (SSSR count). The molecule has 0 unspecified atom stereocenters. The molecule has 1 aromatic heterocycles. The fourth-order valence-corrected chi connectivity index (χ4v) is 2.56. The van der Waals surface area contributed by atoms with Gasteiger partial charge in [-0.3, -0.25) is 0 Å². The molecule has 2 nitrogen and oxygen atoms in total. The maximum atomic E-state index is 6.27. The number of benzene rings is 1. The molecule has 0 spiro atoms. The third-order valence-electron chi connectivity index (χ3n) is 2.60. The normalized spacial score (nSPS) is 10.8. The highest BCUT2D eigenvalue weighted by Crippen LogP contribution is 2.32. The second-order valence-electron chi connectivity index (χ2n) is 4.01. The second-order valence-corrected chi connectivity index (χ2v) is 5.24. The van der Waals surface area contributed by atoms with E-state index >= 15 is 0 Å². The van der Waals surface area contributed by atoms with Crippen molar-refractivity contribution in [2.45, 2.75) is 20.3 Å². The van der Waals surface area contributed by atoms with Crippen molar-refractivity contribution in [3.63, 3.8) is 0 Å². The Labute approximate surface area is 115 Å². The van der Waals surface area contributed by atoms with Gasteiger partial charge in [0.05, 0.1) is 10.5 Å². The molecule has 1 heterocycles. The van der Waals surface area contributed by atoms with Crippen molar-refractivity contribution in [3.8, 4) is 0 Å². The van der Waals surface area contributed by atoms with Gasteiger partial charge in [0.15, 0.2) is 0 Å². The quantitative estimate of drug-likeness (QED) is 0.882. The van der Waals surface area contributed by atoms with Crippen molar-refractivity contribution < 1.29 is 0 Å². The molecule has 1 N–H and O–H groups in total. The Morgan fingerprint density at radius 1 is 1.41 bits per heavy atom. The number of nitrogens with one attached hydrogen (secondary N) is 1. The summed E-state index contributed by atoms with van der Waals surface area (Å²) in [6.45, 7) is 5.05. The molecule has 0 aliphatic heterocycles. The average Bonchev–Trinajstić information content (AvgIpc) is 2.33. The third-order valence-corrected chi connectivity index (χ3v) is 3.71. The fraction of sp³-hybridized carbons (Fsp3) is 0.308. The zero-order valence-corrected chi connectivity index (χ0v) is 12.2. The van der Waals surface area contributed by atoms with Gasteiger partial charge in [0.2, 0.25) is 0 Å². The van der Waals surface area contributed by atoms with Crippen LogP contribution in [0, 0.1) is 6.92 Å². The second kappa shape index (κ2) is 5.23. The van der Waals surface area contributed by atoms with Crippen LogP contribution in [0.25, 0.3) is 10.9 Å². The van der Waals surface area contributed by atoms with Crippen LogP contribution in [-0.2, 0) is 0 Å². The lowest BCUT2D eigenvalue weighted by molar-refractivity contribution is 0.971. The summed E-state index contributed by atoms with van der Waals surface area (Å²) < 4.78 is 0.981. The van der Waals surface area contributed by atoms with Gasteiger partial charge in [0.25, 0.3) is 0 Å². The number of nitrogens with zero attached hydrogens (tertiary/aromatic N) is 1. The molecule has 2 aromatic rings. The van der Waals surface area contributed by atoms with Crippen molar-refractivity contribution in [1.82, 2.24) is 4.98 Å². The Balaban J connectivity index is 2.54. The molecule has 1 aromatic carbocycles. The summed E-state index contributed by atoms with van der Waals surface area (Å²) >= 11 is 9.81. The van der Waals surface area contributed by atoms with Gasteiger partial charge >= 0.3 is 0 Å². The van der Waals surface area contributed by atoms with E-state index in [0.717, 1.165) is 44.7 Å². The summed E-state index contributed by atoms with van der Waals surface area (Å²) in [6.07, 6.45) is 1.08. The van der Waals surface area contributed by atoms with Gasteiger partial charge in [-0.2, -0.15) is 0 Å². The molecule has 0 aliphatic carbocycles. The highest BCUT2D eigenvalue weighted by atomic mass is 79.9. The van der Waals surface area contributed by atoms with E-state index in [9.17, 15) is 0 Å². The van der Waals surface area contributed by atoms with E-state index < -0.39 is 0 Å². The first kappa shape index (κ1) is 12.7. The predicted molar refractivity (Wildman–Crippen MR) is 78.0 cm³/mol. The largest absolute Gasteiger partial charge is 0.370 e. The van der Waals surface area contributed by atoms with Crippen LogP contribution in [0.4, 0.5) is 5.82 Å². The first-order valence-electron chi connectivity index (χ1n) is 5.62. The number of halogens is 2. The van der Waals surface area contributed by atoms with Crippen molar-refractivity contribution in [2.24, 2.45) is 0 Å². The van der Waals surface area contributed by atoms with E-state index in [1.54, 1.807) is 0 Å². The third kappa shape index (κ3) is 2.55. The molecule has 0 bridgehead atoms. The SMILES string of the molecule is CCCNc1ccc2c(Cl)c(C)cc(Br)c2n1. The van der Waals surface area contributed by atoms with Crippen LogP contribution in [0.1, 0.15) is 18.9 Å². The first-order chi connectivity index (χ1) is 8.13. The average molecular weight is 314 g/mol. The Morgan fingerprint density at radius 3 is 2.88 bits per heavy atom. The zero-order valence-electron chi connectivity index (χ0n) is 9.85. The Morgan fingerprint density at radius 2 is 2.18 bits per heavy atom. The molecular weight excluding hydrogens is 300 g/mol. The minimum atomic E-state index is 0.776. The van der Waals surface area contributed by atoms with Crippen LogP contribution in [0.5, 0.6) is 0 Å². The number of fused-ring (bicyclic) bond motifs is 1. The van der Waals surface area contributed by atoms with E-state index in [-0.39, 0.29) is 0 Å². The molecule has 4 heteroatoms. The number of hydrogen-bond acceptors (Lipinski definition) is 2. The molecule has 0 amide bonds. The van der Waals surface area contributed by atoms with Crippen LogP contribution < -0.4 is 5.32 Å². The van der Waals surface area contributed by atoms with Crippen LogP contribution >= 0.6 is 27.5 Å². The summed E-state index contributed by atoms with van der Waals surface area (Å²) in [6, 6.07) is 5.98. The van der Waals surface area contributed by atoms with Crippen molar-refractivity contribution in [2.75, 3.05) is 11.9 Å². The zero-order chi connectivity index (χ0) is 12.4. The van der Waals surface area contributed by atoms with Gasteiger partial charge in [0, 0.05) is 16.4 Å². The molecular formula is C13H14BrClN2. The van der Waals surface area contributed by atoms with E-state index in [1.807, 2.05) is 25.1 Å². The van der Waals surface area contributed by atoms with Gasteiger partial charge in [-0.15, -0.1) is 0 Å². The van der Waals surface area contributed by atoms with E-state index in [4.69, 9.17) is 11.6 Å². The first-order valence-corrected chi connectivity index (χ1v) is 6.79. The maximum Gasteiger partial charge on any atom is 0.126 e.